The Morgan fingerprint density at radius 2 is 1.68 bits per heavy atom. The summed E-state index contributed by atoms with van der Waals surface area (Å²) in [6, 6.07) is 20.0. The van der Waals surface area contributed by atoms with E-state index >= 15 is 0 Å². The molecule has 0 aliphatic carbocycles. The number of likely N-dealkylation sites (tertiary alicyclic amines) is 1. The van der Waals surface area contributed by atoms with Gasteiger partial charge in [0.05, 0.1) is 17.7 Å². The lowest BCUT2D eigenvalue weighted by atomic mass is 9.94. The highest BCUT2D eigenvalue weighted by atomic mass is 16.5. The van der Waals surface area contributed by atoms with E-state index in [1.54, 1.807) is 11.0 Å². The summed E-state index contributed by atoms with van der Waals surface area (Å²) in [6.45, 7) is 4.86. The summed E-state index contributed by atoms with van der Waals surface area (Å²) in [5.74, 6) is -0.726. The summed E-state index contributed by atoms with van der Waals surface area (Å²) in [5.41, 5.74) is 1.36. The molecule has 6 nitrogen and oxygen atoms in total. The van der Waals surface area contributed by atoms with Crippen LogP contribution in [0, 0.1) is 0 Å². The van der Waals surface area contributed by atoms with Gasteiger partial charge in [-0.3, -0.25) is 9.59 Å². The van der Waals surface area contributed by atoms with E-state index in [1.807, 2.05) is 93.5 Å². The summed E-state index contributed by atoms with van der Waals surface area (Å²) in [4.78, 5) is 29.8. The third-order valence-electron chi connectivity index (χ3n) is 5.92. The number of carbonyl (C=O) groups excluding carboxylic acids is 2. The van der Waals surface area contributed by atoms with E-state index in [9.17, 15) is 14.7 Å². The molecule has 1 atom stereocenters. The number of ketones is 1. The molecule has 1 saturated heterocycles. The smallest absolute Gasteiger partial charge is 0.295 e. The van der Waals surface area contributed by atoms with Crippen LogP contribution < -0.4 is 4.74 Å². The van der Waals surface area contributed by atoms with E-state index in [-0.39, 0.29) is 17.4 Å². The number of hydrogen-bond acceptors (Lipinski definition) is 5. The fourth-order valence-electron chi connectivity index (χ4n) is 4.26. The zero-order chi connectivity index (χ0) is 24.4. The third kappa shape index (κ3) is 4.68. The van der Waals surface area contributed by atoms with Gasteiger partial charge in [-0.25, -0.2) is 0 Å². The van der Waals surface area contributed by atoms with Crippen LogP contribution in [0.2, 0.25) is 0 Å². The molecule has 1 aliphatic heterocycles. The zero-order valence-electron chi connectivity index (χ0n) is 20.0. The van der Waals surface area contributed by atoms with Crippen molar-refractivity contribution in [1.29, 1.82) is 0 Å². The lowest BCUT2D eigenvalue weighted by molar-refractivity contribution is -0.140. The molecule has 0 saturated carbocycles. The van der Waals surface area contributed by atoms with Crippen molar-refractivity contribution in [2.24, 2.45) is 0 Å². The Labute approximate surface area is 200 Å². The summed E-state index contributed by atoms with van der Waals surface area (Å²) in [7, 11) is 3.83. The molecule has 1 amide bonds. The quantitative estimate of drug-likeness (QED) is 0.318. The van der Waals surface area contributed by atoms with Crippen LogP contribution in [0.1, 0.15) is 31.0 Å². The van der Waals surface area contributed by atoms with Gasteiger partial charge < -0.3 is 19.6 Å². The summed E-state index contributed by atoms with van der Waals surface area (Å²) < 4.78 is 5.75. The summed E-state index contributed by atoms with van der Waals surface area (Å²) in [5, 5.41) is 13.3. The fraction of sp³-hybridized carbons (Fsp3) is 0.286. The number of fused-ring (bicyclic) bond motifs is 1. The molecule has 1 unspecified atom stereocenters. The first-order chi connectivity index (χ1) is 16.3. The Kier molecular flexibility index (Phi) is 6.70. The van der Waals surface area contributed by atoms with Gasteiger partial charge >= 0.3 is 0 Å². The number of ether oxygens (including phenoxy) is 1. The van der Waals surface area contributed by atoms with Crippen molar-refractivity contribution >= 4 is 28.2 Å². The van der Waals surface area contributed by atoms with Crippen molar-refractivity contribution in [2.45, 2.75) is 26.0 Å². The molecule has 176 valence electrons. The molecule has 34 heavy (non-hydrogen) atoms. The van der Waals surface area contributed by atoms with Crippen LogP contribution in [-0.4, -0.2) is 59.9 Å². The minimum Gasteiger partial charge on any atom is -0.507 e. The second-order valence-corrected chi connectivity index (χ2v) is 9.09. The largest absolute Gasteiger partial charge is 0.507 e. The van der Waals surface area contributed by atoms with Crippen LogP contribution in [0.15, 0.2) is 72.3 Å². The maximum Gasteiger partial charge on any atom is 0.295 e. The van der Waals surface area contributed by atoms with Crippen LogP contribution in [0.25, 0.3) is 16.5 Å². The minimum atomic E-state index is -0.681. The van der Waals surface area contributed by atoms with Crippen molar-refractivity contribution < 1.29 is 19.4 Å². The van der Waals surface area contributed by atoms with E-state index < -0.39 is 17.7 Å². The number of benzene rings is 3. The predicted molar refractivity (Wildman–Crippen MR) is 134 cm³/mol. The summed E-state index contributed by atoms with van der Waals surface area (Å²) >= 11 is 0. The first-order valence-electron chi connectivity index (χ1n) is 11.4. The molecule has 0 radical (unpaired) electrons. The lowest BCUT2D eigenvalue weighted by Gasteiger charge is -2.26. The second-order valence-electron chi connectivity index (χ2n) is 9.09. The van der Waals surface area contributed by atoms with Crippen LogP contribution in [0.3, 0.4) is 0 Å². The lowest BCUT2D eigenvalue weighted by Crippen LogP contribution is -2.35. The van der Waals surface area contributed by atoms with E-state index in [1.165, 1.54) is 0 Å². The Balaban J connectivity index is 1.81. The number of carbonyl (C=O) groups is 2. The molecule has 0 aromatic heterocycles. The van der Waals surface area contributed by atoms with Crippen molar-refractivity contribution in [3.05, 3.63) is 83.4 Å². The van der Waals surface area contributed by atoms with Crippen LogP contribution in [0.4, 0.5) is 0 Å². The number of rotatable bonds is 7. The van der Waals surface area contributed by atoms with E-state index in [0.29, 0.717) is 24.4 Å². The van der Waals surface area contributed by atoms with Gasteiger partial charge in [-0.1, -0.05) is 48.5 Å². The molecule has 0 bridgehead atoms. The Morgan fingerprint density at radius 1 is 1.00 bits per heavy atom. The standard InChI is InChI=1S/C28H30N2O4/c1-18(2)34-23-13-11-20(12-14-23)25-24(27(32)28(33)30(25)16-15-29(3)4)26(31)22-10-9-19-7-5-6-8-21(19)17-22/h5-14,17-18,25,31H,15-16H2,1-4H3/b26-24-. The van der Waals surface area contributed by atoms with E-state index in [2.05, 4.69) is 0 Å². The number of amides is 1. The normalized spacial score (nSPS) is 17.8. The highest BCUT2D eigenvalue weighted by Gasteiger charge is 2.45. The molecule has 0 spiro atoms. The monoisotopic (exact) mass is 458 g/mol. The molecule has 1 fully saturated rings. The number of likely N-dealkylation sites (N-methyl/N-ethyl adjacent to an activating group) is 1. The van der Waals surface area contributed by atoms with Gasteiger partial charge in [0.2, 0.25) is 0 Å². The molecule has 3 aromatic carbocycles. The SMILES string of the molecule is CC(C)Oc1ccc(C2/C(=C(/O)c3ccc4ccccc4c3)C(=O)C(=O)N2CCN(C)C)cc1. The van der Waals surface area contributed by atoms with Crippen LogP contribution in [-0.2, 0) is 9.59 Å². The minimum absolute atomic E-state index is 0.0319. The third-order valence-corrected chi connectivity index (χ3v) is 5.92. The number of aliphatic hydroxyl groups is 1. The average Bonchev–Trinajstić information content (AvgIpc) is 3.07. The van der Waals surface area contributed by atoms with Crippen LogP contribution >= 0.6 is 0 Å². The van der Waals surface area contributed by atoms with Gasteiger partial charge in [0.1, 0.15) is 11.5 Å². The molecule has 1 aliphatic rings. The number of Topliss-reactive ketones (excluding diaryl/α,β-unsaturated/α-hetero) is 1. The van der Waals surface area contributed by atoms with Crippen molar-refractivity contribution in [3.8, 4) is 5.75 Å². The highest BCUT2D eigenvalue weighted by molar-refractivity contribution is 6.46. The van der Waals surface area contributed by atoms with Gasteiger partial charge in [-0.15, -0.1) is 0 Å². The van der Waals surface area contributed by atoms with Crippen LogP contribution in [0.5, 0.6) is 5.75 Å². The van der Waals surface area contributed by atoms with Gasteiger partial charge in [0.25, 0.3) is 11.7 Å². The van der Waals surface area contributed by atoms with Crippen molar-refractivity contribution in [1.82, 2.24) is 9.80 Å². The fourth-order valence-corrected chi connectivity index (χ4v) is 4.26. The first kappa shape index (κ1) is 23.5. The Bertz CT molecular complexity index is 1240. The number of aliphatic hydroxyl groups excluding tert-OH is 1. The molecule has 1 heterocycles. The van der Waals surface area contributed by atoms with E-state index in [0.717, 1.165) is 16.3 Å². The summed E-state index contributed by atoms with van der Waals surface area (Å²) in [6.07, 6.45) is 0.0319. The zero-order valence-corrected chi connectivity index (χ0v) is 20.0. The second kappa shape index (κ2) is 9.69. The number of hydrogen-bond donors (Lipinski definition) is 1. The van der Waals surface area contributed by atoms with Gasteiger partial charge in [-0.05, 0) is 62.5 Å². The van der Waals surface area contributed by atoms with Crippen molar-refractivity contribution in [3.63, 3.8) is 0 Å². The molecule has 1 N–H and O–H groups in total. The Hall–Kier alpha value is -3.64. The predicted octanol–water partition coefficient (Wildman–Crippen LogP) is 4.61. The Morgan fingerprint density at radius 3 is 2.32 bits per heavy atom. The topological polar surface area (TPSA) is 70.1 Å². The molecular formula is C28H30N2O4. The maximum atomic E-state index is 13.2. The molecule has 6 heteroatoms. The molecule has 4 rings (SSSR count). The molecular weight excluding hydrogens is 428 g/mol. The molecule has 3 aromatic rings. The average molecular weight is 459 g/mol. The van der Waals surface area contributed by atoms with Gasteiger partial charge in [0.15, 0.2) is 0 Å². The van der Waals surface area contributed by atoms with E-state index in [4.69, 9.17) is 4.74 Å². The highest BCUT2D eigenvalue weighted by Crippen LogP contribution is 2.40. The maximum absolute atomic E-state index is 13.2. The van der Waals surface area contributed by atoms with Gasteiger partial charge in [0, 0.05) is 18.7 Å². The van der Waals surface area contributed by atoms with Gasteiger partial charge in [-0.2, -0.15) is 0 Å². The van der Waals surface area contributed by atoms with Crippen molar-refractivity contribution in [2.75, 3.05) is 27.2 Å². The first-order valence-corrected chi connectivity index (χ1v) is 11.4. The number of nitrogens with zero attached hydrogens (tertiary/aromatic N) is 2.